The van der Waals surface area contributed by atoms with Gasteiger partial charge in [-0.05, 0) is 53.0 Å². The first-order chi connectivity index (χ1) is 8.97. The van der Waals surface area contributed by atoms with Crippen molar-refractivity contribution >= 4 is 28.4 Å². The number of aromatic nitrogens is 2. The van der Waals surface area contributed by atoms with Gasteiger partial charge in [0.05, 0.1) is 15.8 Å². The predicted molar refractivity (Wildman–Crippen MR) is 88.2 cm³/mol. The average molecular weight is 369 g/mol. The standard InChI is InChI=1S/C15H20IN3/c1-10(2)8-12-4-6-13(7-5-12)9-19-15(17)14(16)11(3)18-19/h4-7,10H,8-9,17H2,1-3H3. The van der Waals surface area contributed by atoms with E-state index in [9.17, 15) is 0 Å². The van der Waals surface area contributed by atoms with Crippen molar-refractivity contribution in [2.45, 2.75) is 33.7 Å². The third-order valence-electron chi connectivity index (χ3n) is 3.09. The number of rotatable bonds is 4. The average Bonchev–Trinajstić information content (AvgIpc) is 2.59. The molecule has 0 radical (unpaired) electrons. The van der Waals surface area contributed by atoms with E-state index in [0.29, 0.717) is 5.92 Å². The molecular formula is C15H20IN3. The summed E-state index contributed by atoms with van der Waals surface area (Å²) >= 11 is 2.24. The lowest BCUT2D eigenvalue weighted by Crippen LogP contribution is -2.06. The van der Waals surface area contributed by atoms with Gasteiger partial charge in [-0.3, -0.25) is 0 Å². The second-order valence-electron chi connectivity index (χ2n) is 5.36. The van der Waals surface area contributed by atoms with Crippen LogP contribution in [-0.4, -0.2) is 9.78 Å². The fraction of sp³-hybridized carbons (Fsp3) is 0.400. The van der Waals surface area contributed by atoms with Crippen LogP contribution in [0.1, 0.15) is 30.7 Å². The third-order valence-corrected chi connectivity index (χ3v) is 4.42. The normalized spacial score (nSPS) is 11.2. The van der Waals surface area contributed by atoms with E-state index in [1.54, 1.807) is 0 Å². The number of benzene rings is 1. The molecule has 0 saturated heterocycles. The molecule has 1 heterocycles. The van der Waals surface area contributed by atoms with Crippen molar-refractivity contribution in [2.75, 3.05) is 5.73 Å². The molecule has 0 aliphatic rings. The zero-order valence-corrected chi connectivity index (χ0v) is 13.8. The molecular weight excluding hydrogens is 349 g/mol. The molecule has 1 aromatic heterocycles. The Morgan fingerprint density at radius 1 is 1.21 bits per heavy atom. The highest BCUT2D eigenvalue weighted by atomic mass is 127. The van der Waals surface area contributed by atoms with Gasteiger partial charge in [0.2, 0.25) is 0 Å². The molecule has 3 nitrogen and oxygen atoms in total. The summed E-state index contributed by atoms with van der Waals surface area (Å²) in [5.74, 6) is 1.45. The minimum absolute atomic E-state index is 0.692. The van der Waals surface area contributed by atoms with E-state index in [4.69, 9.17) is 5.73 Å². The molecule has 0 aliphatic carbocycles. The lowest BCUT2D eigenvalue weighted by Gasteiger charge is -2.07. The van der Waals surface area contributed by atoms with Crippen molar-refractivity contribution in [3.63, 3.8) is 0 Å². The molecule has 2 N–H and O–H groups in total. The lowest BCUT2D eigenvalue weighted by molar-refractivity contribution is 0.646. The summed E-state index contributed by atoms with van der Waals surface area (Å²) in [4.78, 5) is 0. The maximum Gasteiger partial charge on any atom is 0.135 e. The summed E-state index contributed by atoms with van der Waals surface area (Å²) in [6.07, 6.45) is 1.13. The Morgan fingerprint density at radius 2 is 1.79 bits per heavy atom. The third kappa shape index (κ3) is 3.49. The number of nitrogen functional groups attached to an aromatic ring is 1. The number of nitrogens with two attached hydrogens (primary N) is 1. The minimum Gasteiger partial charge on any atom is -0.383 e. The van der Waals surface area contributed by atoms with Crippen molar-refractivity contribution in [1.82, 2.24) is 9.78 Å². The first-order valence-electron chi connectivity index (χ1n) is 6.53. The van der Waals surface area contributed by atoms with E-state index in [-0.39, 0.29) is 0 Å². The van der Waals surface area contributed by atoms with Crippen LogP contribution in [0, 0.1) is 16.4 Å². The van der Waals surface area contributed by atoms with Crippen LogP contribution >= 0.6 is 22.6 Å². The predicted octanol–water partition coefficient (Wildman–Crippen LogP) is 3.63. The maximum atomic E-state index is 6.04. The molecule has 102 valence electrons. The van der Waals surface area contributed by atoms with E-state index in [0.717, 1.165) is 28.0 Å². The Morgan fingerprint density at radius 3 is 2.26 bits per heavy atom. The second kappa shape index (κ2) is 5.94. The smallest absolute Gasteiger partial charge is 0.135 e. The van der Waals surface area contributed by atoms with E-state index in [1.165, 1.54) is 11.1 Å². The van der Waals surface area contributed by atoms with Gasteiger partial charge < -0.3 is 5.73 Å². The van der Waals surface area contributed by atoms with Gasteiger partial charge in [-0.1, -0.05) is 38.1 Å². The molecule has 1 aromatic carbocycles. The molecule has 0 bridgehead atoms. The first kappa shape index (κ1) is 14.4. The Kier molecular flexibility index (Phi) is 4.50. The summed E-state index contributed by atoms with van der Waals surface area (Å²) in [6.45, 7) is 7.20. The molecule has 0 spiro atoms. The van der Waals surface area contributed by atoms with Crippen LogP contribution < -0.4 is 5.73 Å². The van der Waals surface area contributed by atoms with Gasteiger partial charge in [0, 0.05) is 0 Å². The van der Waals surface area contributed by atoms with Crippen molar-refractivity contribution in [2.24, 2.45) is 5.92 Å². The van der Waals surface area contributed by atoms with Gasteiger partial charge in [-0.2, -0.15) is 5.10 Å². The summed E-state index contributed by atoms with van der Waals surface area (Å²) in [5, 5.41) is 4.46. The first-order valence-corrected chi connectivity index (χ1v) is 7.61. The van der Waals surface area contributed by atoms with Gasteiger partial charge in [-0.15, -0.1) is 0 Å². The van der Waals surface area contributed by atoms with Gasteiger partial charge in [-0.25, -0.2) is 4.68 Å². The number of aryl methyl sites for hydroxylation is 1. The molecule has 4 heteroatoms. The van der Waals surface area contributed by atoms with Crippen molar-refractivity contribution in [3.05, 3.63) is 44.7 Å². The molecule has 0 unspecified atom stereocenters. The summed E-state index contributed by atoms with van der Waals surface area (Å²) in [6, 6.07) is 8.74. The van der Waals surface area contributed by atoms with Gasteiger partial charge in [0.25, 0.3) is 0 Å². The highest BCUT2D eigenvalue weighted by Crippen LogP contribution is 2.19. The molecule has 0 saturated carbocycles. The molecule has 2 aromatic rings. The van der Waals surface area contributed by atoms with E-state index >= 15 is 0 Å². The number of hydrogen-bond acceptors (Lipinski definition) is 2. The van der Waals surface area contributed by atoms with Gasteiger partial charge in [0.15, 0.2) is 0 Å². The Balaban J connectivity index is 2.13. The molecule has 0 aliphatic heterocycles. The molecule has 0 amide bonds. The number of nitrogens with zero attached hydrogens (tertiary/aromatic N) is 2. The van der Waals surface area contributed by atoms with Crippen LogP contribution in [0.3, 0.4) is 0 Å². The van der Waals surface area contributed by atoms with Crippen molar-refractivity contribution in [3.8, 4) is 0 Å². The Bertz CT molecular complexity index is 556. The highest BCUT2D eigenvalue weighted by Gasteiger charge is 2.09. The van der Waals surface area contributed by atoms with E-state index in [2.05, 4.69) is 65.8 Å². The lowest BCUT2D eigenvalue weighted by atomic mass is 10.0. The monoisotopic (exact) mass is 369 g/mol. The number of anilines is 1. The van der Waals surface area contributed by atoms with Crippen LogP contribution in [0.15, 0.2) is 24.3 Å². The summed E-state index contributed by atoms with van der Waals surface area (Å²) < 4.78 is 2.92. The van der Waals surface area contributed by atoms with Crippen LogP contribution in [0.25, 0.3) is 0 Å². The Labute approximate surface area is 128 Å². The van der Waals surface area contributed by atoms with Gasteiger partial charge in [0.1, 0.15) is 5.82 Å². The van der Waals surface area contributed by atoms with Crippen molar-refractivity contribution in [1.29, 1.82) is 0 Å². The largest absolute Gasteiger partial charge is 0.383 e. The van der Waals surface area contributed by atoms with Crippen LogP contribution in [-0.2, 0) is 13.0 Å². The van der Waals surface area contributed by atoms with Crippen LogP contribution in [0.2, 0.25) is 0 Å². The zero-order valence-electron chi connectivity index (χ0n) is 11.7. The quantitative estimate of drug-likeness (QED) is 0.837. The maximum absolute atomic E-state index is 6.04. The van der Waals surface area contributed by atoms with Gasteiger partial charge >= 0.3 is 0 Å². The highest BCUT2D eigenvalue weighted by molar-refractivity contribution is 14.1. The fourth-order valence-corrected chi connectivity index (χ4v) is 2.51. The second-order valence-corrected chi connectivity index (χ2v) is 6.44. The summed E-state index contributed by atoms with van der Waals surface area (Å²) in [5.41, 5.74) is 9.66. The van der Waals surface area contributed by atoms with Crippen LogP contribution in [0.4, 0.5) is 5.82 Å². The zero-order chi connectivity index (χ0) is 14.0. The molecule has 2 rings (SSSR count). The minimum atomic E-state index is 0.692. The number of halogens is 1. The molecule has 19 heavy (non-hydrogen) atoms. The SMILES string of the molecule is Cc1nn(Cc2ccc(CC(C)C)cc2)c(N)c1I. The van der Waals surface area contributed by atoms with Crippen LogP contribution in [0.5, 0.6) is 0 Å². The van der Waals surface area contributed by atoms with E-state index < -0.39 is 0 Å². The summed E-state index contributed by atoms with van der Waals surface area (Å²) in [7, 11) is 0. The molecule has 0 atom stereocenters. The Hall–Kier alpha value is -1.04. The van der Waals surface area contributed by atoms with Crippen molar-refractivity contribution < 1.29 is 0 Å². The number of hydrogen-bond donors (Lipinski definition) is 1. The molecule has 0 fully saturated rings. The fourth-order valence-electron chi connectivity index (χ4n) is 2.12. The van der Waals surface area contributed by atoms with E-state index in [1.807, 2.05) is 11.6 Å². The topological polar surface area (TPSA) is 43.8 Å².